The van der Waals surface area contributed by atoms with Crippen molar-refractivity contribution in [2.24, 2.45) is 0 Å². The Balaban J connectivity index is 1.25. The molecule has 6 heteroatoms. The molecule has 3 aromatic rings. The molecular formula is C29H33N3O2S. The van der Waals surface area contributed by atoms with Gasteiger partial charge in [-0.15, -0.1) is 11.3 Å². The Morgan fingerprint density at radius 2 is 1.66 bits per heavy atom. The van der Waals surface area contributed by atoms with Gasteiger partial charge in [-0.3, -0.25) is 14.5 Å². The van der Waals surface area contributed by atoms with Crippen LogP contribution in [-0.4, -0.2) is 47.3 Å². The molecule has 0 spiro atoms. The maximum Gasteiger partial charge on any atom is 0.264 e. The quantitative estimate of drug-likeness (QED) is 0.491. The maximum atomic E-state index is 13.2. The number of amides is 2. The second-order valence-corrected chi connectivity index (χ2v) is 10.5. The minimum atomic E-state index is -0.407. The van der Waals surface area contributed by atoms with Crippen molar-refractivity contribution >= 4 is 23.2 Å². The van der Waals surface area contributed by atoms with Crippen LogP contribution in [0.2, 0.25) is 0 Å². The van der Waals surface area contributed by atoms with E-state index in [4.69, 9.17) is 0 Å². The van der Waals surface area contributed by atoms with Crippen LogP contribution >= 0.6 is 11.3 Å². The summed E-state index contributed by atoms with van der Waals surface area (Å²) in [5, 5.41) is 5.04. The van der Waals surface area contributed by atoms with Gasteiger partial charge in [0.2, 0.25) is 5.91 Å². The second kappa shape index (κ2) is 11.2. The number of nitrogens with one attached hydrogen (secondary N) is 1. The highest BCUT2D eigenvalue weighted by Crippen LogP contribution is 2.26. The zero-order chi connectivity index (χ0) is 24.0. The van der Waals surface area contributed by atoms with Crippen LogP contribution in [-0.2, 0) is 17.9 Å². The standard InChI is InChI=1S/C29H33N3O2S/c33-28(26-10-3-4-18-32(26)29(34)27-11-7-19-35-27)30-20-24-8-1-2-9-25(24)23-14-12-22(13-15-23)21-31-16-5-6-17-31/h1-2,7-9,11-15,19,26H,3-6,10,16-18,20-21H2,(H,30,33)/t26-/m1/s1. The number of carbonyl (C=O) groups is 2. The number of hydrogen-bond acceptors (Lipinski definition) is 4. The lowest BCUT2D eigenvalue weighted by molar-refractivity contribution is -0.126. The third-order valence-electron chi connectivity index (χ3n) is 7.14. The topological polar surface area (TPSA) is 52.7 Å². The highest BCUT2D eigenvalue weighted by Gasteiger charge is 2.32. The third-order valence-corrected chi connectivity index (χ3v) is 8.00. The molecule has 0 unspecified atom stereocenters. The van der Waals surface area contributed by atoms with Crippen LogP contribution in [0.4, 0.5) is 0 Å². The molecule has 182 valence electrons. The summed E-state index contributed by atoms with van der Waals surface area (Å²) < 4.78 is 0. The average molecular weight is 488 g/mol. The summed E-state index contributed by atoms with van der Waals surface area (Å²) in [4.78, 5) is 31.2. The van der Waals surface area contributed by atoms with Crippen LogP contribution in [0.1, 0.15) is 52.9 Å². The van der Waals surface area contributed by atoms with E-state index in [0.717, 1.165) is 36.1 Å². The van der Waals surface area contributed by atoms with Gasteiger partial charge in [0.05, 0.1) is 4.88 Å². The molecule has 5 nitrogen and oxygen atoms in total. The summed E-state index contributed by atoms with van der Waals surface area (Å²) in [7, 11) is 0. The van der Waals surface area contributed by atoms with E-state index >= 15 is 0 Å². The fourth-order valence-electron chi connectivity index (χ4n) is 5.23. The molecule has 35 heavy (non-hydrogen) atoms. The van der Waals surface area contributed by atoms with E-state index in [1.165, 1.54) is 42.8 Å². The SMILES string of the molecule is O=C(NCc1ccccc1-c1ccc(CN2CCCC2)cc1)[C@H]1CCCCN1C(=O)c1cccs1. The van der Waals surface area contributed by atoms with Crippen LogP contribution in [0.15, 0.2) is 66.0 Å². The summed E-state index contributed by atoms with van der Waals surface area (Å²) in [6, 6.07) is 20.4. The number of carbonyl (C=O) groups excluding carboxylic acids is 2. The van der Waals surface area contributed by atoms with E-state index < -0.39 is 6.04 Å². The van der Waals surface area contributed by atoms with Crippen molar-refractivity contribution in [2.75, 3.05) is 19.6 Å². The predicted octanol–water partition coefficient (Wildman–Crippen LogP) is 5.32. The molecule has 2 saturated heterocycles. The zero-order valence-corrected chi connectivity index (χ0v) is 20.9. The molecule has 0 aliphatic carbocycles. The van der Waals surface area contributed by atoms with E-state index in [1.54, 1.807) is 4.90 Å². The molecule has 0 radical (unpaired) electrons. The van der Waals surface area contributed by atoms with Crippen LogP contribution in [0.25, 0.3) is 11.1 Å². The lowest BCUT2D eigenvalue weighted by Gasteiger charge is -2.34. The Labute approximate surface area is 211 Å². The first-order valence-corrected chi connectivity index (χ1v) is 13.6. The van der Waals surface area contributed by atoms with Gasteiger partial charge in [-0.1, -0.05) is 54.6 Å². The van der Waals surface area contributed by atoms with Crippen molar-refractivity contribution < 1.29 is 9.59 Å². The van der Waals surface area contributed by atoms with Crippen LogP contribution < -0.4 is 5.32 Å². The molecule has 1 aromatic heterocycles. The molecule has 1 atom stereocenters. The summed E-state index contributed by atoms with van der Waals surface area (Å²) in [5.74, 6) is -0.0976. The minimum absolute atomic E-state index is 0.0331. The van der Waals surface area contributed by atoms with Crippen molar-refractivity contribution in [3.63, 3.8) is 0 Å². The van der Waals surface area contributed by atoms with E-state index in [0.29, 0.717) is 24.4 Å². The minimum Gasteiger partial charge on any atom is -0.350 e. The van der Waals surface area contributed by atoms with E-state index in [2.05, 4.69) is 46.6 Å². The molecule has 2 aliphatic rings. The zero-order valence-electron chi connectivity index (χ0n) is 20.1. The molecule has 2 fully saturated rings. The predicted molar refractivity (Wildman–Crippen MR) is 141 cm³/mol. The number of piperidine rings is 1. The lowest BCUT2D eigenvalue weighted by Crippen LogP contribution is -2.51. The van der Waals surface area contributed by atoms with Crippen molar-refractivity contribution in [2.45, 2.75) is 51.2 Å². The Hall–Kier alpha value is -2.96. The number of likely N-dealkylation sites (tertiary alicyclic amines) is 2. The van der Waals surface area contributed by atoms with Gasteiger partial charge in [-0.25, -0.2) is 0 Å². The van der Waals surface area contributed by atoms with Crippen LogP contribution in [0.3, 0.4) is 0 Å². The normalized spacial score (nSPS) is 18.5. The highest BCUT2D eigenvalue weighted by molar-refractivity contribution is 7.12. The maximum absolute atomic E-state index is 13.2. The second-order valence-electron chi connectivity index (χ2n) is 9.54. The monoisotopic (exact) mass is 487 g/mol. The Kier molecular flexibility index (Phi) is 7.60. The van der Waals surface area contributed by atoms with Crippen LogP contribution in [0.5, 0.6) is 0 Å². The first-order chi connectivity index (χ1) is 17.2. The number of benzene rings is 2. The van der Waals surface area contributed by atoms with E-state index in [9.17, 15) is 9.59 Å². The first kappa shape index (κ1) is 23.8. The van der Waals surface area contributed by atoms with Crippen molar-refractivity contribution in [3.05, 3.63) is 82.0 Å². The van der Waals surface area contributed by atoms with Crippen molar-refractivity contribution in [1.82, 2.24) is 15.1 Å². The molecule has 0 bridgehead atoms. The average Bonchev–Trinajstić information content (AvgIpc) is 3.62. The summed E-state index contributed by atoms with van der Waals surface area (Å²) in [6.45, 7) is 4.49. The summed E-state index contributed by atoms with van der Waals surface area (Å²) in [6.07, 6.45) is 5.23. The molecule has 3 heterocycles. The fourth-order valence-corrected chi connectivity index (χ4v) is 5.91. The highest BCUT2D eigenvalue weighted by atomic mass is 32.1. The fraction of sp³-hybridized carbons (Fsp3) is 0.379. The largest absolute Gasteiger partial charge is 0.350 e. The van der Waals surface area contributed by atoms with E-state index in [1.807, 2.05) is 29.6 Å². The van der Waals surface area contributed by atoms with Crippen LogP contribution in [0, 0.1) is 0 Å². The van der Waals surface area contributed by atoms with Gasteiger partial charge in [-0.2, -0.15) is 0 Å². The summed E-state index contributed by atoms with van der Waals surface area (Å²) in [5.41, 5.74) is 4.72. The molecule has 0 saturated carbocycles. The van der Waals surface area contributed by atoms with Gasteiger partial charge in [0.15, 0.2) is 0 Å². The van der Waals surface area contributed by atoms with Crippen molar-refractivity contribution in [3.8, 4) is 11.1 Å². The molecule has 2 aliphatic heterocycles. The lowest BCUT2D eigenvalue weighted by atomic mass is 9.98. The van der Waals surface area contributed by atoms with Gasteiger partial charge in [0.1, 0.15) is 6.04 Å². The molecule has 2 amide bonds. The van der Waals surface area contributed by atoms with Gasteiger partial charge in [0.25, 0.3) is 5.91 Å². The van der Waals surface area contributed by atoms with E-state index in [-0.39, 0.29) is 11.8 Å². The Morgan fingerprint density at radius 3 is 2.43 bits per heavy atom. The van der Waals surface area contributed by atoms with Gasteiger partial charge >= 0.3 is 0 Å². The van der Waals surface area contributed by atoms with Gasteiger partial charge in [-0.05, 0) is 78.9 Å². The Bertz CT molecular complexity index is 1140. The van der Waals surface area contributed by atoms with Gasteiger partial charge < -0.3 is 10.2 Å². The smallest absolute Gasteiger partial charge is 0.264 e. The van der Waals surface area contributed by atoms with Crippen molar-refractivity contribution in [1.29, 1.82) is 0 Å². The summed E-state index contributed by atoms with van der Waals surface area (Å²) >= 11 is 1.43. The Morgan fingerprint density at radius 1 is 0.886 bits per heavy atom. The number of rotatable bonds is 7. The molecule has 5 rings (SSSR count). The first-order valence-electron chi connectivity index (χ1n) is 12.7. The number of thiophene rings is 1. The molecule has 2 aromatic carbocycles. The molecule has 1 N–H and O–H groups in total. The number of hydrogen-bond donors (Lipinski definition) is 1. The molecular weight excluding hydrogens is 454 g/mol. The van der Waals surface area contributed by atoms with Gasteiger partial charge in [0, 0.05) is 19.6 Å². The third kappa shape index (κ3) is 5.65. The number of nitrogens with zero attached hydrogens (tertiary/aromatic N) is 2.